The van der Waals surface area contributed by atoms with Crippen LogP contribution in [0.1, 0.15) is 49.7 Å². The number of carbonyl (C=O) groups is 2. The number of fused-ring (bicyclic) bond motifs is 1. The number of ether oxygens (including phenoxy) is 1. The summed E-state index contributed by atoms with van der Waals surface area (Å²) in [6.07, 6.45) is 5.34. The predicted molar refractivity (Wildman–Crippen MR) is 101 cm³/mol. The molecule has 0 aliphatic heterocycles. The number of hydrogen-bond donors (Lipinski definition) is 2. The molecule has 1 aromatic carbocycles. The van der Waals surface area contributed by atoms with Crippen LogP contribution in [-0.2, 0) is 27.6 Å². The van der Waals surface area contributed by atoms with Crippen molar-refractivity contribution in [1.29, 1.82) is 0 Å². The lowest BCUT2D eigenvalue weighted by molar-refractivity contribution is 0.0600. The Kier molecular flexibility index (Phi) is 5.93. The molecule has 144 valence electrons. The molecule has 0 saturated carbocycles. The van der Waals surface area contributed by atoms with Gasteiger partial charge < -0.3 is 4.74 Å². The largest absolute Gasteiger partial charge is 0.465 e. The summed E-state index contributed by atoms with van der Waals surface area (Å²) in [6, 6.07) is 7.08. The van der Waals surface area contributed by atoms with Gasteiger partial charge in [-0.05, 0) is 61.6 Å². The van der Waals surface area contributed by atoms with Crippen LogP contribution in [0.25, 0.3) is 0 Å². The number of methoxy groups -OCH3 is 1. The van der Waals surface area contributed by atoms with Crippen molar-refractivity contribution >= 4 is 33.2 Å². The number of nitrogens with one attached hydrogen (secondary N) is 2. The van der Waals surface area contributed by atoms with Crippen LogP contribution in [0.4, 0.5) is 0 Å². The number of aryl methyl sites for hydroxylation is 2. The highest BCUT2D eigenvalue weighted by atomic mass is 32.2. The molecule has 1 aliphatic carbocycles. The number of hydrazine groups is 1. The van der Waals surface area contributed by atoms with Crippen molar-refractivity contribution in [3.05, 3.63) is 51.2 Å². The molecule has 1 aliphatic rings. The van der Waals surface area contributed by atoms with Crippen molar-refractivity contribution in [2.75, 3.05) is 7.11 Å². The van der Waals surface area contributed by atoms with Crippen molar-refractivity contribution in [3.8, 4) is 0 Å². The highest BCUT2D eigenvalue weighted by Crippen LogP contribution is 2.28. The third kappa shape index (κ3) is 4.55. The molecule has 1 amide bonds. The number of hydrogen-bond acceptors (Lipinski definition) is 6. The van der Waals surface area contributed by atoms with Crippen LogP contribution < -0.4 is 10.3 Å². The summed E-state index contributed by atoms with van der Waals surface area (Å²) in [7, 11) is -2.71. The van der Waals surface area contributed by atoms with Gasteiger partial charge in [0.15, 0.2) is 0 Å². The second-order valence-corrected chi connectivity index (χ2v) is 9.01. The predicted octanol–water partition coefficient (Wildman–Crippen LogP) is 2.43. The first-order valence-corrected chi connectivity index (χ1v) is 10.8. The number of esters is 1. The van der Waals surface area contributed by atoms with Gasteiger partial charge in [0, 0.05) is 4.88 Å². The van der Waals surface area contributed by atoms with E-state index in [4.69, 9.17) is 0 Å². The first kappa shape index (κ1) is 19.5. The Morgan fingerprint density at radius 1 is 1.07 bits per heavy atom. The van der Waals surface area contributed by atoms with Gasteiger partial charge in [0.2, 0.25) is 0 Å². The number of benzene rings is 1. The van der Waals surface area contributed by atoms with Crippen molar-refractivity contribution in [2.24, 2.45) is 0 Å². The molecule has 9 heteroatoms. The smallest absolute Gasteiger partial charge is 0.337 e. The molecule has 0 spiro atoms. The van der Waals surface area contributed by atoms with Gasteiger partial charge in [-0.3, -0.25) is 10.2 Å². The van der Waals surface area contributed by atoms with Gasteiger partial charge in [0.25, 0.3) is 15.9 Å². The van der Waals surface area contributed by atoms with Gasteiger partial charge in [-0.25, -0.2) is 13.2 Å². The standard InChI is InChI=1S/C18H20N2O5S2/c1-25-18(22)12-7-9-14(10-8-12)27(23,24)20-19-17(21)16-11-13-5-3-2-4-6-15(13)26-16/h7-11,20H,2-6H2,1H3,(H,19,21). The highest BCUT2D eigenvalue weighted by molar-refractivity contribution is 7.89. The number of thiophene rings is 1. The van der Waals surface area contributed by atoms with Crippen LogP contribution in [0.2, 0.25) is 0 Å². The van der Waals surface area contributed by atoms with Crippen LogP contribution in [0.5, 0.6) is 0 Å². The average Bonchev–Trinajstić information content (AvgIpc) is 2.96. The minimum atomic E-state index is -3.95. The van der Waals surface area contributed by atoms with Crippen molar-refractivity contribution < 1.29 is 22.7 Å². The normalized spacial score (nSPS) is 14.1. The van der Waals surface area contributed by atoms with Gasteiger partial charge >= 0.3 is 5.97 Å². The minimum Gasteiger partial charge on any atom is -0.465 e. The van der Waals surface area contributed by atoms with E-state index in [1.54, 1.807) is 0 Å². The molecule has 27 heavy (non-hydrogen) atoms. The Morgan fingerprint density at radius 2 is 1.78 bits per heavy atom. The van der Waals surface area contributed by atoms with Crippen molar-refractivity contribution in [1.82, 2.24) is 10.3 Å². The number of carbonyl (C=O) groups excluding carboxylic acids is 2. The zero-order chi connectivity index (χ0) is 19.4. The molecule has 0 saturated heterocycles. The third-order valence-corrected chi connectivity index (χ3v) is 6.85. The summed E-state index contributed by atoms with van der Waals surface area (Å²) in [5, 5.41) is 0. The molecule has 7 nitrogen and oxygen atoms in total. The number of amides is 1. The fourth-order valence-corrected chi connectivity index (χ4v) is 4.89. The molecule has 3 rings (SSSR count). The second kappa shape index (κ2) is 8.20. The van der Waals surface area contributed by atoms with E-state index in [9.17, 15) is 18.0 Å². The van der Waals surface area contributed by atoms with Gasteiger partial charge in [-0.1, -0.05) is 6.42 Å². The van der Waals surface area contributed by atoms with Crippen LogP contribution in [0.15, 0.2) is 35.2 Å². The molecule has 0 fully saturated rings. The van der Waals surface area contributed by atoms with Crippen molar-refractivity contribution in [2.45, 2.75) is 37.0 Å². The summed E-state index contributed by atoms with van der Waals surface area (Å²) >= 11 is 1.41. The van der Waals surface area contributed by atoms with Crippen LogP contribution >= 0.6 is 11.3 Å². The highest BCUT2D eigenvalue weighted by Gasteiger charge is 2.19. The Morgan fingerprint density at radius 3 is 2.48 bits per heavy atom. The first-order valence-electron chi connectivity index (χ1n) is 8.53. The Labute approximate surface area is 161 Å². The Bertz CT molecular complexity index is 925. The summed E-state index contributed by atoms with van der Waals surface area (Å²) in [5.74, 6) is -1.04. The second-order valence-electron chi connectivity index (χ2n) is 6.20. The van der Waals surface area contributed by atoms with E-state index in [0.29, 0.717) is 4.88 Å². The lowest BCUT2D eigenvalue weighted by Crippen LogP contribution is -2.41. The molecule has 1 aromatic heterocycles. The maximum atomic E-state index is 12.3. The van der Waals surface area contributed by atoms with E-state index >= 15 is 0 Å². The first-order chi connectivity index (χ1) is 12.9. The van der Waals surface area contributed by atoms with E-state index in [1.165, 1.54) is 59.6 Å². The Balaban J connectivity index is 1.66. The van der Waals surface area contributed by atoms with Crippen LogP contribution in [-0.4, -0.2) is 27.4 Å². The zero-order valence-corrected chi connectivity index (χ0v) is 16.4. The van der Waals surface area contributed by atoms with Gasteiger partial charge in [0.05, 0.1) is 22.4 Å². The molecular weight excluding hydrogens is 388 g/mol. The molecule has 0 bridgehead atoms. The topological polar surface area (TPSA) is 102 Å². The van der Waals surface area contributed by atoms with E-state index in [0.717, 1.165) is 25.7 Å². The van der Waals surface area contributed by atoms with E-state index in [-0.39, 0.29) is 10.5 Å². The fourth-order valence-electron chi connectivity index (χ4n) is 2.90. The van der Waals surface area contributed by atoms with Gasteiger partial charge in [0.1, 0.15) is 0 Å². The molecule has 0 atom stereocenters. The molecule has 2 aromatic rings. The molecular formula is C18H20N2O5S2. The van der Waals surface area contributed by atoms with E-state index in [1.807, 2.05) is 6.07 Å². The van der Waals surface area contributed by atoms with Gasteiger partial charge in [-0.15, -0.1) is 16.2 Å². The fraction of sp³-hybridized carbons (Fsp3) is 0.333. The molecule has 2 N–H and O–H groups in total. The van der Waals surface area contributed by atoms with Crippen LogP contribution in [0.3, 0.4) is 0 Å². The lowest BCUT2D eigenvalue weighted by atomic mass is 10.1. The molecule has 0 unspecified atom stereocenters. The Hall–Kier alpha value is -2.23. The van der Waals surface area contributed by atoms with E-state index in [2.05, 4.69) is 15.0 Å². The van der Waals surface area contributed by atoms with Gasteiger partial charge in [-0.2, -0.15) is 0 Å². The third-order valence-electron chi connectivity index (χ3n) is 4.36. The monoisotopic (exact) mass is 408 g/mol. The maximum absolute atomic E-state index is 12.3. The SMILES string of the molecule is COC(=O)c1ccc(S(=O)(=O)NNC(=O)c2cc3c(s2)CCCCC3)cc1. The number of sulfonamides is 1. The number of rotatable bonds is 5. The quantitative estimate of drug-likeness (QED) is 0.449. The maximum Gasteiger partial charge on any atom is 0.337 e. The van der Waals surface area contributed by atoms with E-state index < -0.39 is 21.9 Å². The molecule has 1 heterocycles. The van der Waals surface area contributed by atoms with Crippen LogP contribution in [0, 0.1) is 0 Å². The summed E-state index contributed by atoms with van der Waals surface area (Å²) in [4.78, 5) is 27.4. The lowest BCUT2D eigenvalue weighted by Gasteiger charge is -2.08. The summed E-state index contributed by atoms with van der Waals surface area (Å²) in [5.41, 5.74) is 3.67. The zero-order valence-electron chi connectivity index (χ0n) is 14.8. The van der Waals surface area contributed by atoms with Crippen molar-refractivity contribution in [3.63, 3.8) is 0 Å². The minimum absolute atomic E-state index is 0.0718. The summed E-state index contributed by atoms with van der Waals surface area (Å²) < 4.78 is 29.2. The molecule has 0 radical (unpaired) electrons. The summed E-state index contributed by atoms with van der Waals surface area (Å²) in [6.45, 7) is 0. The average molecular weight is 409 g/mol.